The van der Waals surface area contributed by atoms with Crippen LogP contribution in [0.3, 0.4) is 0 Å². The van der Waals surface area contributed by atoms with Gasteiger partial charge in [-0.25, -0.2) is 9.78 Å². The summed E-state index contributed by atoms with van der Waals surface area (Å²) in [7, 11) is 1.68. The second-order valence-corrected chi connectivity index (χ2v) is 4.92. The largest absolute Gasteiger partial charge is 0.476 e. The van der Waals surface area contributed by atoms with E-state index in [1.165, 1.54) is 4.90 Å². The number of amides is 1. The van der Waals surface area contributed by atoms with Gasteiger partial charge in [0.05, 0.1) is 6.54 Å². The van der Waals surface area contributed by atoms with Crippen molar-refractivity contribution in [2.45, 2.75) is 26.4 Å². The van der Waals surface area contributed by atoms with Gasteiger partial charge in [-0.2, -0.15) is 0 Å². The molecule has 0 aliphatic heterocycles. The van der Waals surface area contributed by atoms with E-state index in [1.54, 1.807) is 19.3 Å². The van der Waals surface area contributed by atoms with E-state index < -0.39 is 5.60 Å². The topological polar surface area (TPSA) is 51.7 Å². The van der Waals surface area contributed by atoms with Crippen LogP contribution in [0.4, 0.5) is 4.79 Å². The molecule has 1 aromatic rings. The highest BCUT2D eigenvalue weighted by molar-refractivity contribution is 5.67. The SMILES string of the molecule is CN(CCOc1ccccn1)C(=O)OC(C)(C)C. The molecule has 0 saturated heterocycles. The first-order valence-electron chi connectivity index (χ1n) is 5.86. The summed E-state index contributed by atoms with van der Waals surface area (Å²) in [6, 6.07) is 5.44. The quantitative estimate of drug-likeness (QED) is 0.825. The minimum absolute atomic E-state index is 0.355. The van der Waals surface area contributed by atoms with Crippen LogP contribution in [0.15, 0.2) is 24.4 Å². The molecule has 0 radical (unpaired) electrons. The van der Waals surface area contributed by atoms with E-state index >= 15 is 0 Å². The molecule has 0 unspecified atom stereocenters. The van der Waals surface area contributed by atoms with Gasteiger partial charge in [-0.1, -0.05) is 6.07 Å². The number of carbonyl (C=O) groups is 1. The summed E-state index contributed by atoms with van der Waals surface area (Å²) >= 11 is 0. The Morgan fingerprint density at radius 1 is 1.39 bits per heavy atom. The van der Waals surface area contributed by atoms with E-state index in [-0.39, 0.29) is 6.09 Å². The van der Waals surface area contributed by atoms with Crippen molar-refractivity contribution in [3.05, 3.63) is 24.4 Å². The average Bonchev–Trinajstić information content (AvgIpc) is 2.28. The van der Waals surface area contributed by atoms with Gasteiger partial charge in [-0.05, 0) is 26.8 Å². The van der Waals surface area contributed by atoms with E-state index in [0.29, 0.717) is 19.0 Å². The molecule has 5 nitrogen and oxygen atoms in total. The fraction of sp³-hybridized carbons (Fsp3) is 0.538. The van der Waals surface area contributed by atoms with Crippen LogP contribution < -0.4 is 4.74 Å². The van der Waals surface area contributed by atoms with E-state index in [4.69, 9.17) is 9.47 Å². The Morgan fingerprint density at radius 3 is 2.67 bits per heavy atom. The number of carbonyl (C=O) groups excluding carboxylic acids is 1. The number of hydrogen-bond acceptors (Lipinski definition) is 4. The van der Waals surface area contributed by atoms with Crippen molar-refractivity contribution in [1.82, 2.24) is 9.88 Å². The van der Waals surface area contributed by atoms with Crippen molar-refractivity contribution in [1.29, 1.82) is 0 Å². The molecule has 0 aliphatic rings. The maximum absolute atomic E-state index is 11.6. The smallest absolute Gasteiger partial charge is 0.410 e. The minimum Gasteiger partial charge on any atom is -0.476 e. The minimum atomic E-state index is -0.479. The van der Waals surface area contributed by atoms with Crippen LogP contribution in [0.2, 0.25) is 0 Å². The van der Waals surface area contributed by atoms with Gasteiger partial charge in [0, 0.05) is 19.3 Å². The van der Waals surface area contributed by atoms with E-state index in [0.717, 1.165) is 0 Å². The third kappa shape index (κ3) is 5.52. The maximum atomic E-state index is 11.6. The second kappa shape index (κ2) is 6.23. The zero-order chi connectivity index (χ0) is 13.6. The second-order valence-electron chi connectivity index (χ2n) is 4.92. The van der Waals surface area contributed by atoms with Crippen molar-refractivity contribution >= 4 is 6.09 Å². The summed E-state index contributed by atoms with van der Waals surface area (Å²) < 4.78 is 10.6. The highest BCUT2D eigenvalue weighted by Gasteiger charge is 2.19. The predicted molar refractivity (Wildman–Crippen MR) is 68.6 cm³/mol. The summed E-state index contributed by atoms with van der Waals surface area (Å²) in [6.45, 7) is 6.34. The number of rotatable bonds is 4. The van der Waals surface area contributed by atoms with Gasteiger partial charge in [-0.3, -0.25) is 0 Å². The van der Waals surface area contributed by atoms with Gasteiger partial charge in [0.15, 0.2) is 0 Å². The van der Waals surface area contributed by atoms with Crippen molar-refractivity contribution in [3.8, 4) is 5.88 Å². The summed E-state index contributed by atoms with van der Waals surface area (Å²) in [6.07, 6.45) is 1.31. The highest BCUT2D eigenvalue weighted by Crippen LogP contribution is 2.09. The Morgan fingerprint density at radius 2 is 2.11 bits per heavy atom. The number of aromatic nitrogens is 1. The fourth-order valence-electron chi connectivity index (χ4n) is 1.15. The molecule has 0 aliphatic carbocycles. The highest BCUT2D eigenvalue weighted by atomic mass is 16.6. The van der Waals surface area contributed by atoms with Crippen LogP contribution >= 0.6 is 0 Å². The lowest BCUT2D eigenvalue weighted by molar-refractivity contribution is 0.0277. The van der Waals surface area contributed by atoms with Crippen LogP contribution in [-0.4, -0.2) is 41.8 Å². The monoisotopic (exact) mass is 252 g/mol. The molecule has 1 amide bonds. The Kier molecular flexibility index (Phi) is 4.95. The maximum Gasteiger partial charge on any atom is 0.410 e. The van der Waals surface area contributed by atoms with Crippen molar-refractivity contribution in [3.63, 3.8) is 0 Å². The lowest BCUT2D eigenvalue weighted by atomic mass is 10.2. The molecular formula is C13H20N2O3. The molecule has 0 aromatic carbocycles. The summed E-state index contributed by atoms with van der Waals surface area (Å²) in [5, 5.41) is 0. The molecular weight excluding hydrogens is 232 g/mol. The van der Waals surface area contributed by atoms with Crippen molar-refractivity contribution < 1.29 is 14.3 Å². The van der Waals surface area contributed by atoms with Crippen molar-refractivity contribution in [2.24, 2.45) is 0 Å². The molecule has 100 valence electrons. The number of hydrogen-bond donors (Lipinski definition) is 0. The standard InChI is InChI=1S/C13H20N2O3/c1-13(2,3)18-12(16)15(4)9-10-17-11-7-5-6-8-14-11/h5-8H,9-10H2,1-4H3. The number of nitrogens with zero attached hydrogens (tertiary/aromatic N) is 2. The van der Waals surface area contributed by atoms with Crippen LogP contribution in [0, 0.1) is 0 Å². The predicted octanol–water partition coefficient (Wildman–Crippen LogP) is 2.33. The number of likely N-dealkylation sites (N-methyl/N-ethyl adjacent to an activating group) is 1. The van der Waals surface area contributed by atoms with Crippen LogP contribution in [0.1, 0.15) is 20.8 Å². The zero-order valence-electron chi connectivity index (χ0n) is 11.3. The number of pyridine rings is 1. The van der Waals surface area contributed by atoms with Crippen molar-refractivity contribution in [2.75, 3.05) is 20.2 Å². The first-order valence-corrected chi connectivity index (χ1v) is 5.86. The lowest BCUT2D eigenvalue weighted by Crippen LogP contribution is -2.36. The van der Waals surface area contributed by atoms with E-state index in [9.17, 15) is 4.79 Å². The van der Waals surface area contributed by atoms with E-state index in [1.807, 2.05) is 32.9 Å². The molecule has 0 saturated carbocycles. The first kappa shape index (κ1) is 14.3. The molecule has 1 heterocycles. The summed E-state index contributed by atoms with van der Waals surface area (Å²) in [4.78, 5) is 17.1. The Labute approximate surface area is 108 Å². The Balaban J connectivity index is 2.29. The normalized spacial score (nSPS) is 10.9. The fourth-order valence-corrected chi connectivity index (χ4v) is 1.15. The first-order chi connectivity index (χ1) is 8.38. The Hall–Kier alpha value is -1.78. The Bertz CT molecular complexity index is 374. The molecule has 0 atom stereocenters. The number of ether oxygens (including phenoxy) is 2. The van der Waals surface area contributed by atoms with Crippen LogP contribution in [0.5, 0.6) is 5.88 Å². The molecule has 18 heavy (non-hydrogen) atoms. The van der Waals surface area contributed by atoms with Gasteiger partial charge in [-0.15, -0.1) is 0 Å². The molecule has 0 N–H and O–H groups in total. The molecule has 1 aromatic heterocycles. The van der Waals surface area contributed by atoms with Gasteiger partial charge < -0.3 is 14.4 Å². The molecule has 5 heteroatoms. The average molecular weight is 252 g/mol. The van der Waals surface area contributed by atoms with E-state index in [2.05, 4.69) is 4.98 Å². The molecule has 1 rings (SSSR count). The third-order valence-electron chi connectivity index (χ3n) is 2.02. The summed E-state index contributed by atoms with van der Waals surface area (Å²) in [5.41, 5.74) is -0.479. The van der Waals surface area contributed by atoms with Gasteiger partial charge in [0.2, 0.25) is 5.88 Å². The summed E-state index contributed by atoms with van der Waals surface area (Å²) in [5.74, 6) is 0.551. The molecule has 0 fully saturated rings. The molecule has 0 bridgehead atoms. The van der Waals surface area contributed by atoms with Gasteiger partial charge in [0.1, 0.15) is 12.2 Å². The van der Waals surface area contributed by atoms with Crippen LogP contribution in [0.25, 0.3) is 0 Å². The van der Waals surface area contributed by atoms with Gasteiger partial charge in [0.25, 0.3) is 0 Å². The molecule has 0 spiro atoms. The lowest BCUT2D eigenvalue weighted by Gasteiger charge is -2.24. The van der Waals surface area contributed by atoms with Crippen LogP contribution in [-0.2, 0) is 4.74 Å². The van der Waals surface area contributed by atoms with Gasteiger partial charge >= 0.3 is 6.09 Å². The zero-order valence-corrected chi connectivity index (χ0v) is 11.3. The third-order valence-corrected chi connectivity index (χ3v) is 2.02.